The van der Waals surface area contributed by atoms with Crippen molar-refractivity contribution in [2.24, 2.45) is 5.92 Å². The lowest BCUT2D eigenvalue weighted by molar-refractivity contribution is -0.137. The van der Waals surface area contributed by atoms with Crippen LogP contribution in [-0.4, -0.2) is 71.5 Å². The van der Waals surface area contributed by atoms with Crippen molar-refractivity contribution < 1.29 is 4.79 Å². The Morgan fingerprint density at radius 2 is 2.12 bits per heavy atom. The van der Waals surface area contributed by atoms with Crippen LogP contribution in [0.3, 0.4) is 0 Å². The maximum atomic E-state index is 12.9. The van der Waals surface area contributed by atoms with Crippen LogP contribution in [0.2, 0.25) is 0 Å². The summed E-state index contributed by atoms with van der Waals surface area (Å²) >= 11 is 1.63. The van der Waals surface area contributed by atoms with Gasteiger partial charge in [-0.25, -0.2) is 9.97 Å². The van der Waals surface area contributed by atoms with Gasteiger partial charge in [0.1, 0.15) is 10.3 Å². The lowest BCUT2D eigenvalue weighted by atomic mass is 9.96. The number of aromatic nitrogens is 2. The third-order valence-electron chi connectivity index (χ3n) is 5.33. The number of nitrogens with zero attached hydrogens (tertiary/aromatic N) is 5. The van der Waals surface area contributed by atoms with Crippen molar-refractivity contribution in [2.45, 2.75) is 19.8 Å². The van der Waals surface area contributed by atoms with Crippen molar-refractivity contribution in [1.29, 1.82) is 0 Å². The Bertz CT molecular complexity index is 707. The number of carbonyl (C=O) groups excluding carboxylic acids is 1. The molecule has 4 heterocycles. The number of pyridine rings is 1. The molecule has 2 saturated heterocycles. The fourth-order valence-corrected chi connectivity index (χ4v) is 4.73. The number of hydrogen-bond donors (Lipinski definition) is 0. The minimum absolute atomic E-state index is 0.0990. The molecule has 4 rings (SSSR count). The summed E-state index contributed by atoms with van der Waals surface area (Å²) in [5, 5.41) is 1.00. The van der Waals surface area contributed by atoms with Gasteiger partial charge in [-0.2, -0.15) is 0 Å². The highest BCUT2D eigenvalue weighted by Gasteiger charge is 2.31. The summed E-state index contributed by atoms with van der Waals surface area (Å²) < 4.78 is 0. The van der Waals surface area contributed by atoms with Gasteiger partial charge >= 0.3 is 0 Å². The number of piperazine rings is 1. The van der Waals surface area contributed by atoms with Gasteiger partial charge in [0.2, 0.25) is 5.91 Å². The zero-order valence-corrected chi connectivity index (χ0v) is 15.5. The van der Waals surface area contributed by atoms with E-state index < -0.39 is 0 Å². The van der Waals surface area contributed by atoms with Crippen LogP contribution in [-0.2, 0) is 4.79 Å². The molecule has 25 heavy (non-hydrogen) atoms. The number of piperidine rings is 1. The van der Waals surface area contributed by atoms with Gasteiger partial charge in [-0.15, -0.1) is 0 Å². The number of amides is 1. The lowest BCUT2D eigenvalue weighted by Crippen LogP contribution is -2.52. The van der Waals surface area contributed by atoms with Crippen molar-refractivity contribution in [2.75, 3.05) is 50.7 Å². The van der Waals surface area contributed by atoms with E-state index in [1.807, 2.05) is 18.3 Å². The molecule has 134 valence electrons. The SMILES string of the molecule is CCN1CCN(C(=O)C2CCCN(c3nc4cccnc4s3)C2)CC1. The summed E-state index contributed by atoms with van der Waals surface area (Å²) in [6.45, 7) is 8.76. The maximum Gasteiger partial charge on any atom is 0.227 e. The number of hydrogen-bond acceptors (Lipinski definition) is 6. The minimum Gasteiger partial charge on any atom is -0.347 e. The zero-order chi connectivity index (χ0) is 17.2. The summed E-state index contributed by atoms with van der Waals surface area (Å²) in [5.41, 5.74) is 0.951. The maximum absolute atomic E-state index is 12.9. The number of carbonyl (C=O) groups is 1. The second-order valence-corrected chi connectivity index (χ2v) is 7.82. The van der Waals surface area contributed by atoms with E-state index in [2.05, 4.69) is 26.6 Å². The van der Waals surface area contributed by atoms with E-state index in [-0.39, 0.29) is 5.92 Å². The Kier molecular flexibility index (Phi) is 4.85. The Labute approximate surface area is 152 Å². The van der Waals surface area contributed by atoms with Crippen LogP contribution in [0.5, 0.6) is 0 Å². The smallest absolute Gasteiger partial charge is 0.227 e. The van der Waals surface area contributed by atoms with Crippen LogP contribution in [0.1, 0.15) is 19.8 Å². The predicted molar refractivity (Wildman–Crippen MR) is 101 cm³/mol. The van der Waals surface area contributed by atoms with Gasteiger partial charge in [-0.05, 0) is 31.5 Å². The summed E-state index contributed by atoms with van der Waals surface area (Å²) in [6, 6.07) is 3.92. The third-order valence-corrected chi connectivity index (χ3v) is 6.37. The Hall–Kier alpha value is -1.73. The molecule has 6 nitrogen and oxygen atoms in total. The van der Waals surface area contributed by atoms with Crippen LogP contribution in [0.4, 0.5) is 5.13 Å². The van der Waals surface area contributed by atoms with Crippen molar-refractivity contribution in [3.05, 3.63) is 18.3 Å². The molecule has 0 bridgehead atoms. The number of likely N-dealkylation sites (N-methyl/N-ethyl adjacent to an activating group) is 1. The highest BCUT2D eigenvalue weighted by molar-refractivity contribution is 7.21. The molecule has 0 aliphatic carbocycles. The van der Waals surface area contributed by atoms with E-state index in [9.17, 15) is 4.79 Å². The predicted octanol–water partition coefficient (Wildman–Crippen LogP) is 2.07. The number of rotatable bonds is 3. The highest BCUT2D eigenvalue weighted by atomic mass is 32.1. The zero-order valence-electron chi connectivity index (χ0n) is 14.7. The first-order chi connectivity index (χ1) is 12.2. The Morgan fingerprint density at radius 3 is 2.88 bits per heavy atom. The van der Waals surface area contributed by atoms with Crippen molar-refractivity contribution in [3.8, 4) is 0 Å². The highest BCUT2D eigenvalue weighted by Crippen LogP contribution is 2.31. The summed E-state index contributed by atoms with van der Waals surface area (Å²) in [4.78, 5) is 29.8. The quantitative estimate of drug-likeness (QED) is 0.840. The van der Waals surface area contributed by atoms with Crippen LogP contribution in [0, 0.1) is 5.92 Å². The summed E-state index contributed by atoms with van der Waals surface area (Å²) in [5.74, 6) is 0.432. The van der Waals surface area contributed by atoms with Gasteiger partial charge in [-0.3, -0.25) is 4.79 Å². The van der Waals surface area contributed by atoms with Gasteiger partial charge in [-0.1, -0.05) is 18.3 Å². The molecule has 0 radical (unpaired) electrons. The Balaban J connectivity index is 1.43. The van der Waals surface area contributed by atoms with Gasteiger partial charge in [0.15, 0.2) is 5.13 Å². The Morgan fingerprint density at radius 1 is 1.28 bits per heavy atom. The first-order valence-electron chi connectivity index (χ1n) is 9.22. The first kappa shape index (κ1) is 16.7. The average Bonchev–Trinajstić information content (AvgIpc) is 3.12. The number of fused-ring (bicyclic) bond motifs is 1. The largest absolute Gasteiger partial charge is 0.347 e. The molecule has 0 aromatic carbocycles. The normalized spacial score (nSPS) is 22.5. The standard InChI is InChI=1S/C18H25N5OS/c1-2-21-9-11-22(12-10-21)17(24)14-5-4-8-23(13-14)18-20-15-6-3-7-19-16(15)25-18/h3,6-7,14H,2,4-5,8-13H2,1H3. The van der Waals surface area contributed by atoms with Crippen LogP contribution in [0.15, 0.2) is 18.3 Å². The van der Waals surface area contributed by atoms with Crippen LogP contribution >= 0.6 is 11.3 Å². The van der Waals surface area contributed by atoms with E-state index in [0.29, 0.717) is 5.91 Å². The minimum atomic E-state index is 0.0990. The van der Waals surface area contributed by atoms with Gasteiger partial charge < -0.3 is 14.7 Å². The molecule has 0 spiro atoms. The molecule has 2 aliphatic rings. The van der Waals surface area contributed by atoms with Crippen molar-refractivity contribution >= 4 is 32.7 Å². The van der Waals surface area contributed by atoms with E-state index in [1.54, 1.807) is 11.3 Å². The molecule has 2 aliphatic heterocycles. The second-order valence-electron chi connectivity index (χ2n) is 6.87. The monoisotopic (exact) mass is 359 g/mol. The molecular formula is C18H25N5OS. The topological polar surface area (TPSA) is 52.6 Å². The molecule has 1 unspecified atom stereocenters. The first-order valence-corrected chi connectivity index (χ1v) is 10.0. The van der Waals surface area contributed by atoms with Gasteiger partial charge in [0.05, 0.1) is 5.92 Å². The molecule has 0 saturated carbocycles. The van der Waals surface area contributed by atoms with Crippen LogP contribution in [0.25, 0.3) is 10.3 Å². The van der Waals surface area contributed by atoms with Crippen LogP contribution < -0.4 is 4.90 Å². The van der Waals surface area contributed by atoms with Crippen molar-refractivity contribution in [1.82, 2.24) is 19.8 Å². The molecule has 2 aromatic heterocycles. The van der Waals surface area contributed by atoms with E-state index >= 15 is 0 Å². The van der Waals surface area contributed by atoms with E-state index in [1.165, 1.54) is 0 Å². The second kappa shape index (κ2) is 7.25. The molecular weight excluding hydrogens is 334 g/mol. The molecule has 0 N–H and O–H groups in total. The van der Waals surface area contributed by atoms with E-state index in [4.69, 9.17) is 4.98 Å². The molecule has 2 fully saturated rings. The van der Waals surface area contributed by atoms with Crippen molar-refractivity contribution in [3.63, 3.8) is 0 Å². The molecule has 1 atom stereocenters. The van der Waals surface area contributed by atoms with E-state index in [0.717, 1.165) is 74.1 Å². The molecule has 2 aromatic rings. The fourth-order valence-electron chi connectivity index (χ4n) is 3.79. The third kappa shape index (κ3) is 3.48. The summed E-state index contributed by atoms with van der Waals surface area (Å²) in [6.07, 6.45) is 3.85. The van der Waals surface area contributed by atoms with Gasteiger partial charge in [0, 0.05) is 45.5 Å². The van der Waals surface area contributed by atoms with Gasteiger partial charge in [0.25, 0.3) is 0 Å². The lowest BCUT2D eigenvalue weighted by Gasteiger charge is -2.38. The average molecular weight is 359 g/mol. The summed E-state index contributed by atoms with van der Waals surface area (Å²) in [7, 11) is 0. The molecule has 7 heteroatoms. The number of anilines is 1. The number of thiazole rings is 1. The molecule has 1 amide bonds. The fraction of sp³-hybridized carbons (Fsp3) is 0.611.